The average molecular weight is 414 g/mol. The van der Waals surface area contributed by atoms with Gasteiger partial charge < -0.3 is 4.90 Å². The van der Waals surface area contributed by atoms with E-state index in [1.165, 1.54) is 22.5 Å². The number of thiophene rings is 1. The summed E-state index contributed by atoms with van der Waals surface area (Å²) >= 11 is 1.50. The molecule has 2 rings (SSSR count). The topological polar surface area (TPSA) is 37.4 Å². The van der Waals surface area contributed by atoms with Crippen LogP contribution < -0.4 is 0 Å². The fourth-order valence-corrected chi connectivity index (χ4v) is 4.58. The summed E-state index contributed by atoms with van der Waals surface area (Å²) in [5, 5.41) is 1.95. The molecule has 0 bridgehead atoms. The Bertz CT molecular complexity index is 748. The maximum Gasteiger partial charge on any atom is 0.222 e. The highest BCUT2D eigenvalue weighted by molar-refractivity contribution is 7.12. The molecule has 2 atom stereocenters. The predicted molar refractivity (Wildman–Crippen MR) is 123 cm³/mol. The number of benzene rings is 1. The van der Waals surface area contributed by atoms with Gasteiger partial charge in [-0.1, -0.05) is 49.2 Å². The van der Waals surface area contributed by atoms with Gasteiger partial charge in [-0.3, -0.25) is 9.59 Å². The van der Waals surface area contributed by atoms with Crippen LogP contribution in [0.3, 0.4) is 0 Å². The number of rotatable bonds is 12. The fraction of sp³-hybridized carbons (Fsp3) is 0.520. The van der Waals surface area contributed by atoms with Gasteiger partial charge in [-0.2, -0.15) is 0 Å². The highest BCUT2D eigenvalue weighted by atomic mass is 32.1. The van der Waals surface area contributed by atoms with E-state index >= 15 is 0 Å². The van der Waals surface area contributed by atoms with Gasteiger partial charge in [-0.25, -0.2) is 0 Å². The molecule has 1 heterocycles. The van der Waals surface area contributed by atoms with Crippen molar-refractivity contribution in [3.05, 3.63) is 57.8 Å². The zero-order valence-corrected chi connectivity index (χ0v) is 19.1. The van der Waals surface area contributed by atoms with Crippen molar-refractivity contribution in [1.82, 2.24) is 4.90 Å². The summed E-state index contributed by atoms with van der Waals surface area (Å²) < 4.78 is 0. The van der Waals surface area contributed by atoms with E-state index in [4.69, 9.17) is 0 Å². The highest BCUT2D eigenvalue weighted by Crippen LogP contribution is 2.28. The van der Waals surface area contributed by atoms with Gasteiger partial charge in [0.15, 0.2) is 5.78 Å². The molecule has 0 saturated heterocycles. The SMILES string of the molecule is CCN(CC)C(=O)CC(C)C(CCCCc1ccc(C)cc1)C(=O)c1cccs1. The minimum atomic E-state index is -0.0915. The maximum atomic E-state index is 13.1. The van der Waals surface area contributed by atoms with Crippen LogP contribution in [0.15, 0.2) is 41.8 Å². The molecule has 0 radical (unpaired) electrons. The Morgan fingerprint density at radius 1 is 1.03 bits per heavy atom. The molecule has 1 aromatic heterocycles. The Hall–Kier alpha value is -1.94. The van der Waals surface area contributed by atoms with Crippen molar-refractivity contribution in [2.24, 2.45) is 11.8 Å². The van der Waals surface area contributed by atoms with E-state index in [9.17, 15) is 9.59 Å². The van der Waals surface area contributed by atoms with Crippen molar-refractivity contribution in [2.45, 2.75) is 59.8 Å². The van der Waals surface area contributed by atoms with Gasteiger partial charge >= 0.3 is 0 Å². The fourth-order valence-electron chi connectivity index (χ4n) is 3.85. The Labute approximate surface area is 180 Å². The van der Waals surface area contributed by atoms with Gasteiger partial charge in [-0.05, 0) is 63.0 Å². The van der Waals surface area contributed by atoms with Crippen LogP contribution in [-0.2, 0) is 11.2 Å². The lowest BCUT2D eigenvalue weighted by Crippen LogP contribution is -2.34. The summed E-state index contributed by atoms with van der Waals surface area (Å²) in [6.07, 6.45) is 4.39. The largest absolute Gasteiger partial charge is 0.343 e. The quantitative estimate of drug-likeness (QED) is 0.308. The van der Waals surface area contributed by atoms with E-state index in [1.807, 2.05) is 36.3 Å². The maximum absolute atomic E-state index is 13.1. The van der Waals surface area contributed by atoms with E-state index < -0.39 is 0 Å². The molecule has 0 N–H and O–H groups in total. The molecule has 0 saturated carbocycles. The predicted octanol–water partition coefficient (Wildman–Crippen LogP) is 6.16. The minimum Gasteiger partial charge on any atom is -0.343 e. The molecular formula is C25H35NO2S. The first-order valence-electron chi connectivity index (χ1n) is 10.9. The van der Waals surface area contributed by atoms with Crippen LogP contribution in [-0.4, -0.2) is 29.7 Å². The summed E-state index contributed by atoms with van der Waals surface area (Å²) in [4.78, 5) is 28.4. The Morgan fingerprint density at radius 2 is 1.72 bits per heavy atom. The summed E-state index contributed by atoms with van der Waals surface area (Å²) in [7, 11) is 0. The lowest BCUT2D eigenvalue weighted by molar-refractivity contribution is -0.131. The Balaban J connectivity index is 1.97. The molecule has 0 fully saturated rings. The number of unbranched alkanes of at least 4 members (excludes halogenated alkanes) is 1. The molecule has 4 heteroatoms. The minimum absolute atomic E-state index is 0.0528. The van der Waals surface area contributed by atoms with E-state index in [1.54, 1.807) is 0 Å². The molecule has 158 valence electrons. The van der Waals surface area contributed by atoms with Gasteiger partial charge in [0.1, 0.15) is 0 Å². The monoisotopic (exact) mass is 413 g/mol. The number of carbonyl (C=O) groups excluding carboxylic acids is 2. The summed E-state index contributed by atoms with van der Waals surface area (Å²) in [5.41, 5.74) is 2.63. The van der Waals surface area contributed by atoms with Gasteiger partial charge in [0.05, 0.1) is 4.88 Å². The van der Waals surface area contributed by atoms with Gasteiger partial charge in [0.2, 0.25) is 5.91 Å². The molecule has 2 aromatic rings. The van der Waals surface area contributed by atoms with Crippen LogP contribution in [0, 0.1) is 18.8 Å². The van der Waals surface area contributed by atoms with E-state index in [0.717, 1.165) is 43.6 Å². The zero-order valence-electron chi connectivity index (χ0n) is 18.3. The van der Waals surface area contributed by atoms with Crippen molar-refractivity contribution in [3.63, 3.8) is 0 Å². The molecule has 0 aliphatic rings. The van der Waals surface area contributed by atoms with Crippen LogP contribution in [0.5, 0.6) is 0 Å². The number of aryl methyl sites for hydroxylation is 2. The van der Waals surface area contributed by atoms with Crippen LogP contribution >= 0.6 is 11.3 Å². The highest BCUT2D eigenvalue weighted by Gasteiger charge is 2.28. The molecule has 0 aliphatic heterocycles. The zero-order chi connectivity index (χ0) is 21.2. The number of ketones is 1. The number of amides is 1. The van der Waals surface area contributed by atoms with Crippen molar-refractivity contribution in [1.29, 1.82) is 0 Å². The molecule has 0 spiro atoms. The van der Waals surface area contributed by atoms with Crippen molar-refractivity contribution in [2.75, 3.05) is 13.1 Å². The second kappa shape index (κ2) is 11.9. The molecule has 2 unspecified atom stereocenters. The summed E-state index contributed by atoms with van der Waals surface area (Å²) in [5.74, 6) is 0.324. The number of Topliss-reactive ketones (excluding diaryl/α,β-unsaturated/α-hetero) is 1. The van der Waals surface area contributed by atoms with Gasteiger partial charge in [0, 0.05) is 25.4 Å². The summed E-state index contributed by atoms with van der Waals surface area (Å²) in [6, 6.07) is 12.5. The average Bonchev–Trinajstić information content (AvgIpc) is 3.24. The second-order valence-corrected chi connectivity index (χ2v) is 8.87. The van der Waals surface area contributed by atoms with Crippen molar-refractivity contribution >= 4 is 23.0 Å². The van der Waals surface area contributed by atoms with E-state index in [2.05, 4.69) is 38.1 Å². The van der Waals surface area contributed by atoms with E-state index in [0.29, 0.717) is 6.42 Å². The third-order valence-corrected chi connectivity index (χ3v) is 6.64. The van der Waals surface area contributed by atoms with Gasteiger partial charge in [0.25, 0.3) is 0 Å². The molecule has 1 amide bonds. The van der Waals surface area contributed by atoms with Crippen molar-refractivity contribution in [3.8, 4) is 0 Å². The van der Waals surface area contributed by atoms with Crippen LogP contribution in [0.4, 0.5) is 0 Å². The normalized spacial score (nSPS) is 13.1. The lowest BCUT2D eigenvalue weighted by atomic mass is 9.82. The molecule has 0 aliphatic carbocycles. The third-order valence-electron chi connectivity index (χ3n) is 5.75. The Kier molecular flexibility index (Phi) is 9.59. The third kappa shape index (κ3) is 7.11. The first-order chi connectivity index (χ1) is 14.0. The molecule has 3 nitrogen and oxygen atoms in total. The number of nitrogens with zero attached hydrogens (tertiary/aromatic N) is 1. The lowest BCUT2D eigenvalue weighted by Gasteiger charge is -2.25. The number of carbonyl (C=O) groups is 2. The van der Waals surface area contributed by atoms with Crippen LogP contribution in [0.2, 0.25) is 0 Å². The van der Waals surface area contributed by atoms with E-state index in [-0.39, 0.29) is 23.5 Å². The number of hydrogen-bond acceptors (Lipinski definition) is 3. The first-order valence-corrected chi connectivity index (χ1v) is 11.7. The standard InChI is InChI=1S/C25H35NO2S/c1-5-26(6-2)24(27)18-20(4)22(25(28)23-12-9-17-29-23)11-8-7-10-21-15-13-19(3)14-16-21/h9,12-17,20,22H,5-8,10-11,18H2,1-4H3. The van der Waals surface area contributed by atoms with Crippen molar-refractivity contribution < 1.29 is 9.59 Å². The van der Waals surface area contributed by atoms with Crippen LogP contribution in [0.1, 0.15) is 67.3 Å². The smallest absolute Gasteiger partial charge is 0.222 e. The van der Waals surface area contributed by atoms with Crippen LogP contribution in [0.25, 0.3) is 0 Å². The molecule has 29 heavy (non-hydrogen) atoms. The molecule has 1 aromatic carbocycles. The summed E-state index contributed by atoms with van der Waals surface area (Å²) in [6.45, 7) is 9.63. The first kappa shape index (κ1) is 23.3. The second-order valence-electron chi connectivity index (χ2n) is 7.93. The Morgan fingerprint density at radius 3 is 2.31 bits per heavy atom. The number of hydrogen-bond donors (Lipinski definition) is 0. The van der Waals surface area contributed by atoms with Gasteiger partial charge in [-0.15, -0.1) is 11.3 Å². The molecular weight excluding hydrogens is 378 g/mol.